The number of aromatic nitrogens is 2. The molecule has 0 saturated carbocycles. The number of hydrogen-bond donors (Lipinski definition) is 0. The number of ketones is 1. The lowest BCUT2D eigenvalue weighted by Crippen LogP contribution is -2.13. The van der Waals surface area contributed by atoms with Gasteiger partial charge in [-0.1, -0.05) is 29.1 Å². The molecule has 0 spiro atoms. The Morgan fingerprint density at radius 1 is 1.61 bits per heavy atom. The van der Waals surface area contributed by atoms with E-state index in [1.54, 1.807) is 0 Å². The Morgan fingerprint density at radius 3 is 3.22 bits per heavy atom. The van der Waals surface area contributed by atoms with Gasteiger partial charge in [-0.15, -0.1) is 4.91 Å². The zero-order valence-electron chi connectivity index (χ0n) is 17.9. The standard InChI is InChI=1S/C15H15N3O4S/c1-21-9-22-11-5-3-4-10(8-11)14(19)13(18-20)12-6-7-16-15(17-12)23-2/h3-8,13H,9H2,1-2H3/i2D3,6D,7D,13D. The van der Waals surface area contributed by atoms with Crippen LogP contribution in [0.3, 0.4) is 0 Å². The second-order valence-electron chi connectivity index (χ2n) is 4.04. The Labute approximate surface area is 145 Å². The van der Waals surface area contributed by atoms with Gasteiger partial charge in [-0.05, 0) is 24.4 Å². The van der Waals surface area contributed by atoms with Crippen LogP contribution in [-0.2, 0) is 4.74 Å². The van der Waals surface area contributed by atoms with Crippen LogP contribution in [0.15, 0.2) is 46.8 Å². The third kappa shape index (κ3) is 4.33. The average Bonchev–Trinajstić information content (AvgIpc) is 2.66. The summed E-state index contributed by atoms with van der Waals surface area (Å²) in [5, 5.41) is 2.08. The van der Waals surface area contributed by atoms with Crippen LogP contribution in [0.2, 0.25) is 0 Å². The minimum absolute atomic E-state index is 0.101. The van der Waals surface area contributed by atoms with Crippen LogP contribution in [-0.4, -0.2) is 35.8 Å². The summed E-state index contributed by atoms with van der Waals surface area (Å²) in [6, 6.07) is 1.80. The van der Waals surface area contributed by atoms with Gasteiger partial charge >= 0.3 is 0 Å². The van der Waals surface area contributed by atoms with Crippen LogP contribution in [0.4, 0.5) is 0 Å². The molecule has 1 aromatic carbocycles. The highest BCUT2D eigenvalue weighted by molar-refractivity contribution is 7.98. The molecule has 0 aliphatic heterocycles. The van der Waals surface area contributed by atoms with Gasteiger partial charge in [0.1, 0.15) is 5.75 Å². The molecule has 0 fully saturated rings. The summed E-state index contributed by atoms with van der Waals surface area (Å²) in [5.74, 6) is -0.911. The maximum atomic E-state index is 12.9. The Bertz CT molecular complexity index is 929. The number of benzene rings is 1. The lowest BCUT2D eigenvalue weighted by molar-refractivity contribution is 0.0510. The lowest BCUT2D eigenvalue weighted by Gasteiger charge is -2.10. The molecule has 0 radical (unpaired) electrons. The Balaban J connectivity index is 2.52. The molecule has 0 aliphatic rings. The predicted octanol–water partition coefficient (Wildman–Crippen LogP) is 2.87. The minimum Gasteiger partial charge on any atom is -0.468 e. The zero-order valence-corrected chi connectivity index (χ0v) is 12.7. The summed E-state index contributed by atoms with van der Waals surface area (Å²) in [4.78, 5) is 31.7. The zero-order chi connectivity index (χ0) is 21.8. The van der Waals surface area contributed by atoms with Gasteiger partial charge in [-0.3, -0.25) is 4.79 Å². The number of rotatable bonds is 8. The third-order valence-corrected chi connectivity index (χ3v) is 2.96. The first kappa shape index (κ1) is 10.5. The molecule has 23 heavy (non-hydrogen) atoms. The van der Waals surface area contributed by atoms with Crippen LogP contribution in [0.5, 0.6) is 5.75 Å². The fourth-order valence-corrected chi connectivity index (χ4v) is 1.85. The van der Waals surface area contributed by atoms with E-state index in [1.807, 2.05) is 0 Å². The van der Waals surface area contributed by atoms with Crippen molar-refractivity contribution in [2.45, 2.75) is 11.2 Å². The van der Waals surface area contributed by atoms with Crippen molar-refractivity contribution in [3.63, 3.8) is 0 Å². The molecule has 2 aromatic rings. The van der Waals surface area contributed by atoms with E-state index >= 15 is 0 Å². The highest BCUT2D eigenvalue weighted by Gasteiger charge is 2.25. The summed E-state index contributed by atoms with van der Waals surface area (Å²) < 4.78 is 55.6. The van der Waals surface area contributed by atoms with E-state index < -0.39 is 41.1 Å². The van der Waals surface area contributed by atoms with Gasteiger partial charge in [-0.2, -0.15) is 0 Å². The fraction of sp³-hybridized carbons (Fsp3) is 0.267. The first-order chi connectivity index (χ1) is 13.5. The molecule has 0 N–H and O–H groups in total. The predicted molar refractivity (Wildman–Crippen MR) is 85.6 cm³/mol. The van der Waals surface area contributed by atoms with Gasteiger partial charge in [0.15, 0.2) is 23.8 Å². The van der Waals surface area contributed by atoms with Gasteiger partial charge in [0, 0.05) is 23.0 Å². The second-order valence-corrected chi connectivity index (χ2v) is 4.61. The van der Waals surface area contributed by atoms with Crippen molar-refractivity contribution in [2.24, 2.45) is 5.18 Å². The minimum atomic E-state index is -2.93. The van der Waals surface area contributed by atoms with Crippen molar-refractivity contribution in [3.05, 3.63) is 52.6 Å². The van der Waals surface area contributed by atoms with Crippen molar-refractivity contribution >= 4 is 17.5 Å². The van der Waals surface area contributed by atoms with Crippen molar-refractivity contribution in [1.29, 1.82) is 0 Å². The monoisotopic (exact) mass is 339 g/mol. The van der Waals surface area contributed by atoms with E-state index in [0.717, 1.165) is 0 Å². The normalized spacial score (nSPS) is 17.4. The highest BCUT2D eigenvalue weighted by atomic mass is 32.2. The van der Waals surface area contributed by atoms with Crippen molar-refractivity contribution in [3.8, 4) is 5.75 Å². The van der Waals surface area contributed by atoms with Crippen LogP contribution in [0.25, 0.3) is 0 Å². The Morgan fingerprint density at radius 2 is 2.48 bits per heavy atom. The van der Waals surface area contributed by atoms with E-state index in [1.165, 1.54) is 31.4 Å². The van der Waals surface area contributed by atoms with E-state index in [4.69, 9.17) is 17.7 Å². The lowest BCUT2D eigenvalue weighted by atomic mass is 10.0. The van der Waals surface area contributed by atoms with E-state index in [0.29, 0.717) is 0 Å². The summed E-state index contributed by atoms with van der Waals surface area (Å²) in [7, 11) is 1.40. The number of carbonyl (C=O) groups excluding carboxylic acids is 1. The summed E-state index contributed by atoms with van der Waals surface area (Å²) in [6.07, 6.45) is -3.32. The second kappa shape index (κ2) is 8.35. The van der Waals surface area contributed by atoms with Crippen LogP contribution in [0.1, 0.15) is 30.3 Å². The molecule has 1 heterocycles. The van der Waals surface area contributed by atoms with Crippen LogP contribution < -0.4 is 4.74 Å². The van der Waals surface area contributed by atoms with Crippen molar-refractivity contribution < 1.29 is 22.5 Å². The van der Waals surface area contributed by atoms with Crippen LogP contribution >= 0.6 is 11.8 Å². The molecule has 2 rings (SSSR count). The molecule has 7 nitrogen and oxygen atoms in total. The van der Waals surface area contributed by atoms with E-state index in [-0.39, 0.29) is 29.9 Å². The highest BCUT2D eigenvalue weighted by Crippen LogP contribution is 2.24. The Hall–Kier alpha value is -2.32. The number of carbonyl (C=O) groups is 1. The third-order valence-electron chi connectivity index (χ3n) is 2.59. The van der Waals surface area contributed by atoms with Gasteiger partial charge in [-0.25, -0.2) is 9.97 Å². The maximum Gasteiger partial charge on any atom is 0.197 e. The molecule has 1 atom stereocenters. The number of methoxy groups -OCH3 is 1. The fourth-order valence-electron chi connectivity index (χ4n) is 1.62. The number of Topliss-reactive ketones (excluding diaryl/α,β-unsaturated/α-hetero) is 1. The molecule has 1 aromatic heterocycles. The number of nitroso groups, excluding NO2 is 1. The Kier molecular flexibility index (Phi) is 3.79. The molecule has 120 valence electrons. The summed E-state index contributed by atoms with van der Waals surface area (Å²) in [5.41, 5.74) is -0.921. The molecule has 8 heteroatoms. The maximum absolute atomic E-state index is 12.9. The number of hydrogen-bond acceptors (Lipinski definition) is 8. The molecule has 0 amide bonds. The van der Waals surface area contributed by atoms with E-state index in [9.17, 15) is 9.70 Å². The SMILES string of the molecule is [2H]c1nc(SC([2H])([2H])[2H])nc(C([2H])(N=O)C(=O)c2cccc(OCOC)c2)c1[2H]. The van der Waals surface area contributed by atoms with Gasteiger partial charge in [0.25, 0.3) is 0 Å². The quantitative estimate of drug-likeness (QED) is 0.240. The van der Waals surface area contributed by atoms with Crippen LogP contribution in [0, 0.1) is 4.91 Å². The summed E-state index contributed by atoms with van der Waals surface area (Å²) >= 11 is 0.186. The van der Waals surface area contributed by atoms with E-state index in [2.05, 4.69) is 15.1 Å². The molecular formula is C15H15N3O4S. The molecule has 1 unspecified atom stereocenters. The number of thioether (sulfide) groups is 1. The first-order valence-electron chi connectivity index (χ1n) is 9.17. The average molecular weight is 339 g/mol. The number of ether oxygens (including phenoxy) is 2. The topological polar surface area (TPSA) is 90.7 Å². The molecule has 0 saturated heterocycles. The van der Waals surface area contributed by atoms with Gasteiger partial charge in [0.05, 0.1) is 9.81 Å². The number of nitrogens with zero attached hydrogens (tertiary/aromatic N) is 3. The van der Waals surface area contributed by atoms with Crippen molar-refractivity contribution in [2.75, 3.05) is 20.1 Å². The molecule has 0 bridgehead atoms. The smallest absolute Gasteiger partial charge is 0.197 e. The molecule has 0 aliphatic carbocycles. The first-order valence-corrected chi connectivity index (χ1v) is 6.99. The largest absolute Gasteiger partial charge is 0.468 e. The summed E-state index contributed by atoms with van der Waals surface area (Å²) in [6.45, 7) is -0.101. The van der Waals surface area contributed by atoms with Gasteiger partial charge in [0.2, 0.25) is 0 Å². The van der Waals surface area contributed by atoms with Crippen molar-refractivity contribution in [1.82, 2.24) is 9.97 Å². The van der Waals surface area contributed by atoms with Gasteiger partial charge < -0.3 is 9.47 Å². The molecular weight excluding hydrogens is 318 g/mol.